The average molecular weight is 396 g/mol. The Morgan fingerprint density at radius 3 is 2.24 bits per heavy atom. The monoisotopic (exact) mass is 395 g/mol. The van der Waals surface area contributed by atoms with Gasteiger partial charge in [-0.1, -0.05) is 95.4 Å². The first kappa shape index (κ1) is 22.3. The Kier molecular flexibility index (Phi) is 8.98. The first-order chi connectivity index (χ1) is 14.2. The summed E-state index contributed by atoms with van der Waals surface area (Å²) in [6.07, 6.45) is 20.2. The van der Waals surface area contributed by atoms with Crippen LogP contribution in [0.15, 0.2) is 29.8 Å². The fraction of sp³-hybridized carbons (Fsp3) is 0.667. The summed E-state index contributed by atoms with van der Waals surface area (Å²) in [5, 5.41) is 0. The van der Waals surface area contributed by atoms with Gasteiger partial charge in [0.25, 0.3) is 0 Å². The number of carbonyl (C=O) groups is 1. The fourth-order valence-corrected chi connectivity index (χ4v) is 5.10. The van der Waals surface area contributed by atoms with Crippen molar-refractivity contribution in [1.82, 2.24) is 0 Å². The van der Waals surface area contributed by atoms with Crippen molar-refractivity contribution in [2.24, 2.45) is 17.6 Å². The second kappa shape index (κ2) is 11.7. The van der Waals surface area contributed by atoms with Crippen molar-refractivity contribution in [3.8, 4) is 0 Å². The van der Waals surface area contributed by atoms with Crippen LogP contribution >= 0.6 is 0 Å². The van der Waals surface area contributed by atoms with E-state index in [0.717, 1.165) is 18.4 Å². The predicted octanol–water partition coefficient (Wildman–Crippen LogP) is 6.86. The van der Waals surface area contributed by atoms with Crippen molar-refractivity contribution >= 4 is 11.9 Å². The van der Waals surface area contributed by atoms with E-state index in [2.05, 4.69) is 31.2 Å². The Morgan fingerprint density at radius 1 is 0.931 bits per heavy atom. The molecule has 1 fully saturated rings. The summed E-state index contributed by atoms with van der Waals surface area (Å²) >= 11 is 0. The van der Waals surface area contributed by atoms with Gasteiger partial charge in [0.15, 0.2) is 5.78 Å². The van der Waals surface area contributed by atoms with Crippen molar-refractivity contribution < 1.29 is 4.79 Å². The number of hydrogen-bond acceptors (Lipinski definition) is 2. The van der Waals surface area contributed by atoms with E-state index >= 15 is 0 Å². The van der Waals surface area contributed by atoms with E-state index < -0.39 is 0 Å². The summed E-state index contributed by atoms with van der Waals surface area (Å²) in [5.74, 6) is 1.17. The quantitative estimate of drug-likeness (QED) is 0.371. The molecule has 2 nitrogen and oxygen atoms in total. The van der Waals surface area contributed by atoms with Crippen LogP contribution in [0, 0.1) is 11.8 Å². The van der Waals surface area contributed by atoms with E-state index in [4.69, 9.17) is 5.73 Å². The Bertz CT molecular complexity index is 677. The highest BCUT2D eigenvalue weighted by atomic mass is 16.1. The van der Waals surface area contributed by atoms with Gasteiger partial charge in [-0.2, -0.15) is 0 Å². The third-order valence-corrected chi connectivity index (χ3v) is 7.17. The number of carbonyl (C=O) groups excluding carboxylic acids is 1. The number of unbranched alkanes of at least 4 members (excludes halogenated alkanes) is 9. The average Bonchev–Trinajstić information content (AvgIpc) is 2.70. The van der Waals surface area contributed by atoms with Gasteiger partial charge >= 0.3 is 0 Å². The Labute approximate surface area is 178 Å². The van der Waals surface area contributed by atoms with Gasteiger partial charge in [0, 0.05) is 17.5 Å². The van der Waals surface area contributed by atoms with Gasteiger partial charge in [-0.3, -0.25) is 4.79 Å². The zero-order chi connectivity index (χ0) is 20.5. The molecule has 0 bridgehead atoms. The molecular weight excluding hydrogens is 354 g/mol. The normalized spacial score (nSPS) is 23.2. The summed E-state index contributed by atoms with van der Waals surface area (Å²) in [4.78, 5) is 13.1. The molecule has 1 aromatic rings. The first-order valence-electron chi connectivity index (χ1n) is 12.3. The molecule has 1 aromatic carbocycles. The zero-order valence-electron chi connectivity index (χ0n) is 18.5. The summed E-state index contributed by atoms with van der Waals surface area (Å²) < 4.78 is 0. The molecular formula is C27H41NO. The van der Waals surface area contributed by atoms with E-state index in [1.54, 1.807) is 0 Å². The number of benzene rings is 1. The number of ketones is 1. The summed E-state index contributed by atoms with van der Waals surface area (Å²) in [7, 11) is 0. The number of hydrogen-bond donors (Lipinski definition) is 1. The molecule has 0 amide bonds. The van der Waals surface area contributed by atoms with Crippen LogP contribution in [0.3, 0.4) is 0 Å². The van der Waals surface area contributed by atoms with E-state index in [9.17, 15) is 4.79 Å². The van der Waals surface area contributed by atoms with Crippen molar-refractivity contribution in [2.45, 2.75) is 103 Å². The fourth-order valence-electron chi connectivity index (χ4n) is 5.10. The largest absolute Gasteiger partial charge is 0.324 e. The molecule has 2 heteroatoms. The van der Waals surface area contributed by atoms with Crippen molar-refractivity contribution in [3.63, 3.8) is 0 Å². The minimum atomic E-state index is -0.129. The maximum atomic E-state index is 13.1. The van der Waals surface area contributed by atoms with Gasteiger partial charge < -0.3 is 5.73 Å². The summed E-state index contributed by atoms with van der Waals surface area (Å²) in [6.45, 7) is 2.28. The lowest BCUT2D eigenvalue weighted by molar-refractivity contribution is -0.124. The first-order valence-corrected chi connectivity index (χ1v) is 12.3. The number of rotatable bonds is 13. The van der Waals surface area contributed by atoms with Gasteiger partial charge in [-0.15, -0.1) is 0 Å². The lowest BCUT2D eigenvalue weighted by atomic mass is 9.66. The standard InChI is InChI=1S/C27H41NO/c1-2-3-4-5-6-7-8-9-10-11-14-21-17-18-24(21)27(29)25-19-22-15-12-13-16-23(22)20-26(25)28/h12-13,15-16,19,21,24,26H,2-11,14,17-18,20,28H2,1H3. The SMILES string of the molecule is CCCCCCCCCCCCC1CCC1C(=O)C1=Cc2ccccc2CC1N. The third-order valence-electron chi connectivity index (χ3n) is 7.17. The Hall–Kier alpha value is -1.41. The van der Waals surface area contributed by atoms with Crippen LogP contribution in [0.4, 0.5) is 0 Å². The molecule has 2 aliphatic rings. The highest BCUT2D eigenvalue weighted by Gasteiger charge is 2.38. The summed E-state index contributed by atoms with van der Waals surface area (Å²) in [6, 6.07) is 8.21. The van der Waals surface area contributed by atoms with Gasteiger partial charge in [0.1, 0.15) is 0 Å². The number of fused-ring (bicyclic) bond motifs is 1. The lowest BCUT2D eigenvalue weighted by Crippen LogP contribution is -2.40. The second-order valence-corrected chi connectivity index (χ2v) is 9.39. The van der Waals surface area contributed by atoms with Gasteiger partial charge in [-0.25, -0.2) is 0 Å². The highest BCUT2D eigenvalue weighted by molar-refractivity contribution is 6.03. The molecule has 3 rings (SSSR count). The van der Waals surface area contributed by atoms with Crippen LogP contribution in [0.5, 0.6) is 0 Å². The smallest absolute Gasteiger partial charge is 0.163 e. The van der Waals surface area contributed by atoms with Crippen LogP contribution in [-0.4, -0.2) is 11.8 Å². The van der Waals surface area contributed by atoms with E-state index in [1.165, 1.54) is 88.2 Å². The number of Topliss-reactive ketones (excluding diaryl/α,β-unsaturated/α-hetero) is 1. The summed E-state index contributed by atoms with van der Waals surface area (Å²) in [5.41, 5.74) is 9.70. The van der Waals surface area contributed by atoms with E-state index in [1.807, 2.05) is 6.07 Å². The van der Waals surface area contributed by atoms with Crippen LogP contribution in [0.25, 0.3) is 6.08 Å². The minimum absolute atomic E-state index is 0.129. The molecule has 0 radical (unpaired) electrons. The van der Waals surface area contributed by atoms with Crippen LogP contribution in [-0.2, 0) is 11.2 Å². The van der Waals surface area contributed by atoms with Crippen molar-refractivity contribution in [1.29, 1.82) is 0 Å². The van der Waals surface area contributed by atoms with E-state index in [-0.39, 0.29) is 12.0 Å². The van der Waals surface area contributed by atoms with Gasteiger partial charge in [-0.05, 0) is 48.8 Å². The molecule has 3 atom stereocenters. The van der Waals surface area contributed by atoms with Crippen LogP contribution in [0.2, 0.25) is 0 Å². The van der Waals surface area contributed by atoms with Gasteiger partial charge in [0.05, 0.1) is 0 Å². The van der Waals surface area contributed by atoms with E-state index in [0.29, 0.717) is 11.7 Å². The molecule has 3 unspecified atom stereocenters. The molecule has 2 N–H and O–H groups in total. The molecule has 0 saturated heterocycles. The third kappa shape index (κ3) is 6.28. The molecule has 2 aliphatic carbocycles. The maximum Gasteiger partial charge on any atom is 0.163 e. The molecule has 0 spiro atoms. The second-order valence-electron chi connectivity index (χ2n) is 9.39. The van der Waals surface area contributed by atoms with Crippen molar-refractivity contribution in [3.05, 3.63) is 41.0 Å². The Morgan fingerprint density at radius 2 is 1.59 bits per heavy atom. The molecule has 0 aliphatic heterocycles. The van der Waals surface area contributed by atoms with Gasteiger partial charge in [0.2, 0.25) is 0 Å². The topological polar surface area (TPSA) is 43.1 Å². The van der Waals surface area contributed by atoms with Crippen LogP contribution < -0.4 is 5.73 Å². The predicted molar refractivity (Wildman–Crippen MR) is 124 cm³/mol. The molecule has 160 valence electrons. The Balaban J connectivity index is 1.35. The minimum Gasteiger partial charge on any atom is -0.324 e. The lowest BCUT2D eigenvalue weighted by Gasteiger charge is -2.37. The number of nitrogens with two attached hydrogens (primary N) is 1. The molecule has 29 heavy (non-hydrogen) atoms. The maximum absolute atomic E-state index is 13.1. The zero-order valence-corrected chi connectivity index (χ0v) is 18.5. The van der Waals surface area contributed by atoms with Crippen molar-refractivity contribution in [2.75, 3.05) is 0 Å². The van der Waals surface area contributed by atoms with Crippen LogP contribution in [0.1, 0.15) is 102 Å². The molecule has 1 saturated carbocycles. The molecule has 0 heterocycles. The molecule has 0 aromatic heterocycles. The highest BCUT2D eigenvalue weighted by Crippen LogP contribution is 2.41.